The second-order valence-electron chi connectivity index (χ2n) is 7.16. The Balaban J connectivity index is 1.54. The average molecular weight is 455 g/mol. The van der Waals surface area contributed by atoms with E-state index in [2.05, 4.69) is 4.98 Å². The van der Waals surface area contributed by atoms with Crippen LogP contribution in [0.25, 0.3) is 0 Å². The van der Waals surface area contributed by atoms with Crippen LogP contribution in [0.2, 0.25) is 0 Å². The summed E-state index contributed by atoms with van der Waals surface area (Å²) >= 11 is 0. The van der Waals surface area contributed by atoms with Crippen LogP contribution >= 0.6 is 15.2 Å². The molecule has 1 saturated carbocycles. The van der Waals surface area contributed by atoms with Gasteiger partial charge in [0.25, 0.3) is 5.08 Å². The first kappa shape index (κ1) is 21.3. The van der Waals surface area contributed by atoms with Crippen LogP contribution in [-0.2, 0) is 29.4 Å². The van der Waals surface area contributed by atoms with Gasteiger partial charge in [0.05, 0.1) is 5.92 Å². The standard InChI is InChI=1S/C18H19NO9P2/c20-16(13-3-4-13)26-15-7-5-14(6-8-15)17-27-29(22,23)18(21,30(24,25)28-17)10-12-2-1-9-19-11-12/h1-2,5-9,11,13,17,21H,3-4,10H2,(H,22,23)(H,24,25). The first-order chi connectivity index (χ1) is 14.1. The van der Waals surface area contributed by atoms with Gasteiger partial charge >= 0.3 is 21.2 Å². The fraction of sp³-hybridized carbons (Fsp3) is 0.333. The normalized spacial score (nSPS) is 33.8. The molecule has 2 unspecified atom stereocenters. The zero-order valence-electron chi connectivity index (χ0n) is 15.5. The van der Waals surface area contributed by atoms with E-state index in [1.165, 1.54) is 48.8 Å². The topological polar surface area (TPSA) is 152 Å². The molecule has 2 fully saturated rings. The Hall–Kier alpha value is -1.90. The lowest BCUT2D eigenvalue weighted by Gasteiger charge is -2.41. The predicted octanol–water partition coefficient (Wildman–Crippen LogP) is 2.70. The number of nitrogens with zero attached hydrogens (tertiary/aromatic N) is 1. The second-order valence-corrected chi connectivity index (χ2v) is 11.5. The van der Waals surface area contributed by atoms with Gasteiger partial charge in [0.2, 0.25) is 6.29 Å². The van der Waals surface area contributed by atoms with Gasteiger partial charge in [0.15, 0.2) is 0 Å². The van der Waals surface area contributed by atoms with E-state index in [-0.39, 0.29) is 28.8 Å². The van der Waals surface area contributed by atoms with Crippen molar-refractivity contribution in [3.63, 3.8) is 0 Å². The molecule has 0 bridgehead atoms. The molecule has 2 atom stereocenters. The maximum Gasteiger partial charge on any atom is 0.374 e. The Morgan fingerprint density at radius 2 is 1.77 bits per heavy atom. The smallest absolute Gasteiger partial charge is 0.374 e. The van der Waals surface area contributed by atoms with Gasteiger partial charge in [-0.05, 0) is 36.6 Å². The highest BCUT2D eigenvalue weighted by atomic mass is 31.2. The highest BCUT2D eigenvalue weighted by Crippen LogP contribution is 2.79. The zero-order valence-corrected chi connectivity index (χ0v) is 17.3. The number of carbonyl (C=O) groups is 1. The molecule has 12 heteroatoms. The Labute approximate surface area is 171 Å². The summed E-state index contributed by atoms with van der Waals surface area (Å²) in [4.78, 5) is 36.2. The lowest BCUT2D eigenvalue weighted by Crippen LogP contribution is -2.37. The fourth-order valence-electron chi connectivity index (χ4n) is 2.92. The van der Waals surface area contributed by atoms with Crippen LogP contribution in [0.15, 0.2) is 48.8 Å². The van der Waals surface area contributed by atoms with Crippen molar-refractivity contribution in [3.8, 4) is 5.75 Å². The maximum atomic E-state index is 12.8. The number of aromatic nitrogens is 1. The molecule has 1 aliphatic carbocycles. The predicted molar refractivity (Wildman–Crippen MR) is 102 cm³/mol. The van der Waals surface area contributed by atoms with Crippen LogP contribution in [0.3, 0.4) is 0 Å². The Kier molecular flexibility index (Phi) is 5.45. The Morgan fingerprint density at radius 3 is 2.30 bits per heavy atom. The molecule has 0 radical (unpaired) electrons. The number of aliphatic hydroxyl groups is 1. The third-order valence-electron chi connectivity index (χ3n) is 4.83. The van der Waals surface area contributed by atoms with Gasteiger partial charge in [0, 0.05) is 24.4 Å². The van der Waals surface area contributed by atoms with Gasteiger partial charge in [0.1, 0.15) is 5.75 Å². The Morgan fingerprint density at radius 1 is 1.13 bits per heavy atom. The summed E-state index contributed by atoms with van der Waals surface area (Å²) in [6.07, 6.45) is 1.95. The number of ether oxygens (including phenoxy) is 1. The van der Waals surface area contributed by atoms with Crippen LogP contribution < -0.4 is 4.74 Å². The number of benzene rings is 1. The Bertz CT molecular complexity index is 1010. The minimum absolute atomic E-state index is 0.0901. The minimum atomic E-state index is -5.05. The zero-order chi connectivity index (χ0) is 21.6. The highest BCUT2D eigenvalue weighted by molar-refractivity contribution is 7.73. The number of pyridine rings is 1. The number of rotatable bonds is 5. The number of hydrogen-bond donors (Lipinski definition) is 3. The van der Waals surface area contributed by atoms with Crippen molar-refractivity contribution in [3.05, 3.63) is 59.9 Å². The van der Waals surface area contributed by atoms with Crippen LogP contribution in [0.1, 0.15) is 30.3 Å². The summed E-state index contributed by atoms with van der Waals surface area (Å²) in [6.45, 7) is 0. The van der Waals surface area contributed by atoms with E-state index in [1.54, 1.807) is 0 Å². The summed E-state index contributed by atoms with van der Waals surface area (Å²) in [7, 11) is -10.1. The van der Waals surface area contributed by atoms with Crippen molar-refractivity contribution in [2.75, 3.05) is 0 Å². The van der Waals surface area contributed by atoms with Crippen LogP contribution in [0.4, 0.5) is 0 Å². The van der Waals surface area contributed by atoms with Crippen molar-refractivity contribution in [2.45, 2.75) is 30.6 Å². The molecule has 3 N–H and O–H groups in total. The number of hydrogen-bond acceptors (Lipinski definition) is 8. The summed E-state index contributed by atoms with van der Waals surface area (Å²) in [5, 5.41) is 7.63. The van der Waals surface area contributed by atoms with Crippen molar-refractivity contribution in [1.29, 1.82) is 0 Å². The van der Waals surface area contributed by atoms with Crippen LogP contribution in [0.5, 0.6) is 5.75 Å². The monoisotopic (exact) mass is 455 g/mol. The van der Waals surface area contributed by atoms with Gasteiger partial charge in [-0.25, -0.2) is 0 Å². The molecule has 4 rings (SSSR count). The summed E-state index contributed by atoms with van der Waals surface area (Å²) in [5.41, 5.74) is 0.379. The van der Waals surface area contributed by atoms with Crippen LogP contribution in [0, 0.1) is 5.92 Å². The van der Waals surface area contributed by atoms with E-state index in [9.17, 15) is 28.8 Å². The molecule has 0 amide bonds. The van der Waals surface area contributed by atoms with Gasteiger partial charge in [-0.1, -0.05) is 18.2 Å². The van der Waals surface area contributed by atoms with Gasteiger partial charge in [-0.15, -0.1) is 0 Å². The molecule has 1 aromatic heterocycles. The van der Waals surface area contributed by atoms with E-state index in [4.69, 9.17) is 13.8 Å². The van der Waals surface area contributed by atoms with Gasteiger partial charge < -0.3 is 19.6 Å². The second kappa shape index (κ2) is 7.66. The minimum Gasteiger partial charge on any atom is -0.426 e. The van der Waals surface area contributed by atoms with Crippen LogP contribution in [-0.4, -0.2) is 30.9 Å². The molecule has 1 aliphatic heterocycles. The SMILES string of the molecule is O=C(Oc1ccc(C2OP(=O)(O)C(O)(Cc3cccnc3)P(=O)(O)O2)cc1)C1CC1. The largest absolute Gasteiger partial charge is 0.426 e. The van der Waals surface area contributed by atoms with E-state index >= 15 is 0 Å². The molecule has 160 valence electrons. The molecule has 2 aromatic rings. The summed E-state index contributed by atoms with van der Waals surface area (Å²) in [6, 6.07) is 8.52. The van der Waals surface area contributed by atoms with E-state index in [0.717, 1.165) is 12.8 Å². The molecule has 30 heavy (non-hydrogen) atoms. The average Bonchev–Trinajstić information content (AvgIpc) is 3.53. The first-order valence-electron chi connectivity index (χ1n) is 9.07. The molecular formula is C18H19NO9P2. The van der Waals surface area contributed by atoms with E-state index < -0.39 is 33.0 Å². The molecule has 1 saturated heterocycles. The number of carbonyl (C=O) groups excluding carboxylic acids is 1. The van der Waals surface area contributed by atoms with E-state index in [1.807, 2.05) is 0 Å². The highest BCUT2D eigenvalue weighted by Gasteiger charge is 2.67. The third-order valence-corrected chi connectivity index (χ3v) is 9.43. The van der Waals surface area contributed by atoms with Crippen molar-refractivity contribution in [1.82, 2.24) is 4.98 Å². The van der Waals surface area contributed by atoms with Crippen molar-refractivity contribution >= 4 is 21.2 Å². The molecule has 2 aliphatic rings. The molecular weight excluding hydrogens is 436 g/mol. The number of esters is 1. The quantitative estimate of drug-likeness (QED) is 0.348. The van der Waals surface area contributed by atoms with Gasteiger partial charge in [-0.3, -0.25) is 28.0 Å². The first-order valence-corrected chi connectivity index (χ1v) is 12.2. The molecule has 2 heterocycles. The lowest BCUT2D eigenvalue weighted by atomic mass is 10.2. The molecule has 1 aromatic carbocycles. The van der Waals surface area contributed by atoms with Crippen molar-refractivity contribution in [2.24, 2.45) is 5.92 Å². The summed E-state index contributed by atoms with van der Waals surface area (Å²) in [5.74, 6) is -0.181. The van der Waals surface area contributed by atoms with Gasteiger partial charge in [-0.2, -0.15) is 0 Å². The maximum absolute atomic E-state index is 12.8. The van der Waals surface area contributed by atoms with E-state index in [0.29, 0.717) is 0 Å². The third kappa shape index (κ3) is 4.00. The van der Waals surface area contributed by atoms with Crippen molar-refractivity contribution < 1.29 is 42.6 Å². The molecule has 0 spiro atoms. The lowest BCUT2D eigenvalue weighted by molar-refractivity contribution is -0.135. The summed E-state index contributed by atoms with van der Waals surface area (Å²) < 4.78 is 40.8. The molecule has 10 nitrogen and oxygen atoms in total. The fourth-order valence-corrected chi connectivity index (χ4v) is 6.50.